The molecule has 0 saturated carbocycles. The summed E-state index contributed by atoms with van der Waals surface area (Å²) in [7, 11) is 1.66. The Kier molecular flexibility index (Phi) is 6.25. The highest BCUT2D eigenvalue weighted by molar-refractivity contribution is 7.85. The molecule has 3 heteroatoms. The Morgan fingerprint density at radius 1 is 1.36 bits per heavy atom. The van der Waals surface area contributed by atoms with Gasteiger partial charge in [-0.25, -0.2) is 0 Å². The molecule has 0 unspecified atom stereocenters. The minimum Gasteiger partial charge on any atom is -0.497 e. The first-order valence-electron chi connectivity index (χ1n) is 2.97. The first-order valence-corrected chi connectivity index (χ1v) is 3.42. The van der Waals surface area contributed by atoms with E-state index in [0.717, 1.165) is 5.75 Å². The van der Waals surface area contributed by atoms with Crippen LogP contribution < -0.4 is 4.74 Å². The molecule has 0 aliphatic heterocycles. The number of nitriles is 1. The van der Waals surface area contributed by atoms with Crippen molar-refractivity contribution in [2.45, 2.75) is 0 Å². The highest BCUT2D eigenvalue weighted by Crippen LogP contribution is 2.05. The summed E-state index contributed by atoms with van der Waals surface area (Å²) in [5, 5.41) is 8.63. The third-order valence-corrected chi connectivity index (χ3v) is 0.979. The minimum absolute atomic E-state index is 0.910. The van der Waals surface area contributed by atoms with Crippen LogP contribution in [0, 0.1) is 10.7 Å². The van der Waals surface area contributed by atoms with Crippen LogP contribution in [0.2, 0.25) is 0 Å². The van der Waals surface area contributed by atoms with Gasteiger partial charge in [0.2, 0.25) is 0 Å². The first-order chi connectivity index (χ1) is 5.35. The molecule has 0 bridgehead atoms. The van der Waals surface area contributed by atoms with Gasteiger partial charge in [-0.2, -0.15) is 5.26 Å². The minimum atomic E-state index is 0.910. The number of hydrogen-bond donors (Lipinski definition) is 1. The number of thiocyanates is 1. The topological polar surface area (TPSA) is 33.0 Å². The number of methoxy groups -OCH3 is 1. The Morgan fingerprint density at radius 2 is 1.82 bits per heavy atom. The molecule has 2 nitrogen and oxygen atoms in total. The predicted octanol–water partition coefficient (Wildman–Crippen LogP) is 2.09. The number of rotatable bonds is 1. The van der Waals surface area contributed by atoms with Gasteiger partial charge in [0.1, 0.15) is 11.2 Å². The van der Waals surface area contributed by atoms with Crippen LogP contribution in [0.15, 0.2) is 30.3 Å². The fourth-order valence-corrected chi connectivity index (χ4v) is 0.557. The maximum absolute atomic E-state index is 7.18. The summed E-state index contributed by atoms with van der Waals surface area (Å²) in [6.07, 6.45) is 0. The van der Waals surface area contributed by atoms with Gasteiger partial charge < -0.3 is 4.74 Å². The molecule has 0 atom stereocenters. The molecule has 1 rings (SSSR count). The van der Waals surface area contributed by atoms with Crippen LogP contribution in [-0.4, -0.2) is 7.11 Å². The number of thiol groups is 1. The van der Waals surface area contributed by atoms with Gasteiger partial charge in [0.15, 0.2) is 0 Å². The summed E-state index contributed by atoms with van der Waals surface area (Å²) in [6, 6.07) is 9.68. The Hall–Kier alpha value is -1.14. The molecule has 0 aromatic heterocycles. The van der Waals surface area contributed by atoms with Crippen LogP contribution >= 0.6 is 12.6 Å². The zero-order chi connectivity index (χ0) is 8.53. The van der Waals surface area contributed by atoms with Crippen LogP contribution in [0.4, 0.5) is 0 Å². The lowest BCUT2D eigenvalue weighted by Crippen LogP contribution is -1.78. The third-order valence-electron chi connectivity index (χ3n) is 0.979. The molecule has 0 heterocycles. The zero-order valence-electron chi connectivity index (χ0n) is 6.19. The Balaban J connectivity index is 0.000000292. The molecule has 0 spiro atoms. The van der Waals surface area contributed by atoms with Gasteiger partial charge in [-0.3, -0.25) is 0 Å². The number of ether oxygens (including phenoxy) is 1. The third kappa shape index (κ3) is 5.31. The molecule has 0 saturated heterocycles. The molecular weight excluding hydrogens is 158 g/mol. The van der Waals surface area contributed by atoms with Crippen molar-refractivity contribution in [1.82, 2.24) is 0 Å². The monoisotopic (exact) mass is 167 g/mol. The van der Waals surface area contributed by atoms with E-state index in [-0.39, 0.29) is 0 Å². The second-order valence-electron chi connectivity index (χ2n) is 1.62. The fourth-order valence-electron chi connectivity index (χ4n) is 0.557. The highest BCUT2D eigenvalue weighted by Gasteiger charge is 1.80. The predicted molar refractivity (Wildman–Crippen MR) is 47.6 cm³/mol. The zero-order valence-corrected chi connectivity index (χ0v) is 7.08. The van der Waals surface area contributed by atoms with Gasteiger partial charge in [-0.15, -0.1) is 0 Å². The van der Waals surface area contributed by atoms with Crippen LogP contribution in [0.25, 0.3) is 0 Å². The van der Waals surface area contributed by atoms with Gasteiger partial charge in [-0.05, 0) is 12.1 Å². The van der Waals surface area contributed by atoms with E-state index < -0.39 is 0 Å². The quantitative estimate of drug-likeness (QED) is 0.513. The summed E-state index contributed by atoms with van der Waals surface area (Å²) in [5.41, 5.74) is 0. The van der Waals surface area contributed by atoms with Crippen molar-refractivity contribution in [3.05, 3.63) is 30.3 Å². The van der Waals surface area contributed by atoms with E-state index in [0.29, 0.717) is 0 Å². The first kappa shape index (κ1) is 9.86. The molecule has 1 aromatic carbocycles. The van der Waals surface area contributed by atoms with E-state index in [1.807, 2.05) is 30.3 Å². The maximum Gasteiger partial charge on any atom is 0.130 e. The molecule has 0 N–H and O–H groups in total. The van der Waals surface area contributed by atoms with Crippen molar-refractivity contribution < 1.29 is 4.74 Å². The second-order valence-corrected chi connectivity index (χ2v) is 1.82. The summed E-state index contributed by atoms with van der Waals surface area (Å²) in [4.78, 5) is 0. The summed E-state index contributed by atoms with van der Waals surface area (Å²) >= 11 is 3.09. The molecular formula is C8H9NOS. The Morgan fingerprint density at radius 3 is 2.09 bits per heavy atom. The normalized spacial score (nSPS) is 7.00. The molecule has 0 aliphatic carbocycles. The van der Waals surface area contributed by atoms with Crippen molar-refractivity contribution in [3.8, 4) is 11.2 Å². The van der Waals surface area contributed by atoms with Crippen molar-refractivity contribution >= 4 is 12.6 Å². The largest absolute Gasteiger partial charge is 0.497 e. The molecule has 11 heavy (non-hydrogen) atoms. The molecule has 0 aliphatic rings. The van der Waals surface area contributed by atoms with E-state index in [1.54, 1.807) is 7.11 Å². The number of para-hydroxylation sites is 1. The van der Waals surface area contributed by atoms with Crippen LogP contribution in [0.5, 0.6) is 5.75 Å². The Labute approximate surface area is 71.8 Å². The van der Waals surface area contributed by atoms with Crippen molar-refractivity contribution in [3.63, 3.8) is 0 Å². The van der Waals surface area contributed by atoms with Crippen LogP contribution in [-0.2, 0) is 0 Å². The van der Waals surface area contributed by atoms with Crippen molar-refractivity contribution in [1.29, 1.82) is 5.26 Å². The van der Waals surface area contributed by atoms with Crippen LogP contribution in [0.1, 0.15) is 0 Å². The van der Waals surface area contributed by atoms with E-state index in [1.165, 1.54) is 5.40 Å². The van der Waals surface area contributed by atoms with E-state index >= 15 is 0 Å². The smallest absolute Gasteiger partial charge is 0.130 e. The average molecular weight is 167 g/mol. The molecule has 58 valence electrons. The summed E-state index contributed by atoms with van der Waals surface area (Å²) in [5.74, 6) is 0.910. The number of hydrogen-bond acceptors (Lipinski definition) is 3. The maximum atomic E-state index is 7.18. The van der Waals surface area contributed by atoms with Crippen molar-refractivity contribution in [2.24, 2.45) is 0 Å². The SMILES string of the molecule is COc1ccccc1.N#CS. The lowest BCUT2D eigenvalue weighted by molar-refractivity contribution is 0.415. The Bertz CT molecular complexity index is 217. The van der Waals surface area contributed by atoms with Crippen LogP contribution in [0.3, 0.4) is 0 Å². The lowest BCUT2D eigenvalue weighted by Gasteiger charge is -1.93. The van der Waals surface area contributed by atoms with Gasteiger partial charge in [0.25, 0.3) is 0 Å². The lowest BCUT2D eigenvalue weighted by atomic mass is 10.3. The summed E-state index contributed by atoms with van der Waals surface area (Å²) in [6.45, 7) is 0. The fraction of sp³-hybridized carbons (Fsp3) is 0.125. The highest BCUT2D eigenvalue weighted by atomic mass is 32.1. The van der Waals surface area contributed by atoms with Gasteiger partial charge in [0, 0.05) is 0 Å². The van der Waals surface area contributed by atoms with Crippen molar-refractivity contribution in [2.75, 3.05) is 7.11 Å². The molecule has 0 amide bonds. The summed E-state index contributed by atoms with van der Waals surface area (Å²) < 4.78 is 4.91. The number of benzene rings is 1. The van der Waals surface area contributed by atoms with E-state index in [2.05, 4.69) is 12.6 Å². The molecule has 0 radical (unpaired) electrons. The average Bonchev–Trinajstić information content (AvgIpc) is 2.08. The van der Waals surface area contributed by atoms with Gasteiger partial charge in [-0.1, -0.05) is 30.8 Å². The number of nitrogens with zero attached hydrogens (tertiary/aromatic N) is 1. The van der Waals surface area contributed by atoms with E-state index in [9.17, 15) is 0 Å². The molecule has 1 aromatic rings. The van der Waals surface area contributed by atoms with E-state index in [4.69, 9.17) is 10.00 Å². The van der Waals surface area contributed by atoms with Gasteiger partial charge >= 0.3 is 0 Å². The molecule has 0 fully saturated rings. The second kappa shape index (κ2) is 6.97. The van der Waals surface area contributed by atoms with Gasteiger partial charge in [0.05, 0.1) is 7.11 Å². The standard InChI is InChI=1S/C7H8O.CHNS/c1-8-7-5-3-2-4-6-7;2-1-3/h2-6H,1H3;3H.